The summed E-state index contributed by atoms with van der Waals surface area (Å²) in [7, 11) is 0. The van der Waals surface area contributed by atoms with Gasteiger partial charge in [0.15, 0.2) is 17.5 Å². The summed E-state index contributed by atoms with van der Waals surface area (Å²) in [5.74, 6) is -2.83. The van der Waals surface area contributed by atoms with Gasteiger partial charge in [-0.05, 0) is 156 Å². The highest BCUT2D eigenvalue weighted by atomic mass is 16.5. The van der Waals surface area contributed by atoms with Crippen molar-refractivity contribution in [3.05, 3.63) is 172 Å². The van der Waals surface area contributed by atoms with Gasteiger partial charge in [0.2, 0.25) is 17.5 Å². The Kier molecular flexibility index (Phi) is 29.0. The Hall–Kier alpha value is -9.13. The second kappa shape index (κ2) is 37.4. The number of aliphatic imine (C=N–C) groups is 1. The van der Waals surface area contributed by atoms with Crippen LogP contribution in [-0.4, -0.2) is 113 Å². The van der Waals surface area contributed by atoms with Crippen LogP contribution in [0.15, 0.2) is 155 Å². The summed E-state index contributed by atoms with van der Waals surface area (Å²) in [6.45, 7) is 16.4. The zero-order valence-electron chi connectivity index (χ0n) is 57.9. The molecule has 19 nitrogen and oxygen atoms in total. The summed E-state index contributed by atoms with van der Waals surface area (Å²) in [6, 6.07) is 31.9. The fourth-order valence-corrected chi connectivity index (χ4v) is 13.2. The van der Waals surface area contributed by atoms with Crippen molar-refractivity contribution in [3.63, 3.8) is 0 Å². The number of rotatable bonds is 40. The Balaban J connectivity index is 1.02. The van der Waals surface area contributed by atoms with Gasteiger partial charge in [-0.2, -0.15) is 4.58 Å². The van der Waals surface area contributed by atoms with Crippen molar-refractivity contribution in [2.45, 2.75) is 199 Å². The van der Waals surface area contributed by atoms with E-state index < -0.39 is 42.4 Å². The van der Waals surface area contributed by atoms with E-state index in [4.69, 9.17) is 21.3 Å². The highest BCUT2D eigenvalue weighted by molar-refractivity contribution is 6.03. The first-order valence-corrected chi connectivity index (χ1v) is 35.0. The maximum atomic E-state index is 14.4. The lowest BCUT2D eigenvalue weighted by molar-refractivity contribution is -0.438. The van der Waals surface area contributed by atoms with Crippen LogP contribution in [0.4, 0.5) is 16.2 Å². The van der Waals surface area contributed by atoms with E-state index in [1.807, 2.05) is 54.6 Å². The Morgan fingerprint density at radius 1 is 0.680 bits per heavy atom. The van der Waals surface area contributed by atoms with Crippen molar-refractivity contribution in [1.82, 2.24) is 21.3 Å². The summed E-state index contributed by atoms with van der Waals surface area (Å²) in [5, 5.41) is 28.9. The number of benzene rings is 4. The minimum Gasteiger partial charge on any atom is -0.481 e. The number of nitrogens with two attached hydrogens (primary N) is 2. The molecule has 2 aliphatic heterocycles. The number of nitrogens with one attached hydrogen (secondary N) is 4. The lowest BCUT2D eigenvalue weighted by Gasteiger charge is -2.27. The number of nitrogens with zero attached hydrogens (tertiary/aromatic N) is 3. The predicted molar refractivity (Wildman–Crippen MR) is 383 cm³/mol. The Morgan fingerprint density at radius 3 is 2.10 bits per heavy atom. The van der Waals surface area contributed by atoms with Gasteiger partial charge in [0.05, 0.1) is 11.5 Å². The zero-order valence-corrected chi connectivity index (χ0v) is 57.9. The normalized spacial score (nSPS) is 16.3. The highest BCUT2D eigenvalue weighted by Crippen LogP contribution is 2.48. The minimum absolute atomic E-state index is 0.0573. The van der Waals surface area contributed by atoms with E-state index in [-0.39, 0.29) is 91.8 Å². The molecule has 7 rings (SSSR count). The molecule has 97 heavy (non-hydrogen) atoms. The molecule has 10 N–H and O–H groups in total. The van der Waals surface area contributed by atoms with Crippen molar-refractivity contribution in [3.8, 4) is 5.75 Å². The fourth-order valence-electron chi connectivity index (χ4n) is 13.2. The van der Waals surface area contributed by atoms with Crippen molar-refractivity contribution in [2.24, 2.45) is 22.4 Å². The first-order valence-electron chi connectivity index (χ1n) is 35.0. The van der Waals surface area contributed by atoms with Crippen LogP contribution in [0.3, 0.4) is 0 Å². The molecule has 3 aliphatic rings. The van der Waals surface area contributed by atoms with Gasteiger partial charge in [-0.1, -0.05) is 125 Å². The smallest absolute Gasteiger partial charge is 0.326 e. The van der Waals surface area contributed by atoms with Crippen LogP contribution in [0, 0.1) is 5.92 Å². The third-order valence-electron chi connectivity index (χ3n) is 18.6. The molecule has 0 radical (unpaired) electrons. The van der Waals surface area contributed by atoms with Crippen LogP contribution in [0.1, 0.15) is 186 Å². The average Bonchev–Trinajstić information content (AvgIpc) is 1.60. The number of carbonyl (C=O) groups excluding carboxylic acids is 5. The molecule has 0 saturated carbocycles. The monoisotopic (exact) mass is 1330 g/mol. The largest absolute Gasteiger partial charge is 0.481 e. The molecule has 19 heteroatoms. The van der Waals surface area contributed by atoms with Crippen LogP contribution in [0.25, 0.3) is 0 Å². The van der Waals surface area contributed by atoms with Crippen LogP contribution in [-0.2, 0) is 52.4 Å². The van der Waals surface area contributed by atoms with Crippen molar-refractivity contribution < 1.29 is 53.1 Å². The third-order valence-corrected chi connectivity index (χ3v) is 18.6. The number of amides is 4. The van der Waals surface area contributed by atoms with Crippen LogP contribution < -0.4 is 42.4 Å². The number of carboxylic acids is 2. The number of carbonyl (C=O) groups is 7. The van der Waals surface area contributed by atoms with E-state index in [1.54, 1.807) is 0 Å². The average molecular weight is 1330 g/mol. The number of para-hydroxylation sites is 2. The molecule has 1 aliphatic carbocycles. The molecule has 4 aromatic rings. The van der Waals surface area contributed by atoms with Gasteiger partial charge in [-0.15, -0.1) is 0 Å². The SMILES string of the molecule is CCCCC[N+]1=C(/C=C/C2=C(Oc3ccc(CCNC(=O)[C@H](CCCN=C(N)N)CC(=O)[C@H](Cc4ccccc4)NC(=O)CCCCC(=O)CCCNC(=O)N[C@@H](CCC(=O)O)C(=O)O)cc3)C(=C/C=C3/N(CCCC)c4ccccc4C3(C)C)/CCC2)C(C)(C)c2ccccc21. The van der Waals surface area contributed by atoms with Gasteiger partial charge in [-0.25, -0.2) is 9.59 Å². The summed E-state index contributed by atoms with van der Waals surface area (Å²) in [6.07, 6.45) is 19.7. The van der Waals surface area contributed by atoms with Crippen LogP contribution in [0.2, 0.25) is 0 Å². The van der Waals surface area contributed by atoms with Gasteiger partial charge in [0.25, 0.3) is 0 Å². The second-order valence-corrected chi connectivity index (χ2v) is 26.8. The Morgan fingerprint density at radius 2 is 1.38 bits per heavy atom. The van der Waals surface area contributed by atoms with E-state index in [9.17, 15) is 38.7 Å². The minimum atomic E-state index is -1.37. The van der Waals surface area contributed by atoms with Crippen molar-refractivity contribution in [2.75, 3.05) is 37.6 Å². The van der Waals surface area contributed by atoms with E-state index in [0.717, 1.165) is 86.1 Å². The number of allylic oxidation sites excluding steroid dienone is 7. The molecule has 520 valence electrons. The van der Waals surface area contributed by atoms with E-state index in [0.29, 0.717) is 50.8 Å². The van der Waals surface area contributed by atoms with Gasteiger partial charge in [0.1, 0.15) is 29.9 Å². The lowest BCUT2D eigenvalue weighted by atomic mass is 9.81. The van der Waals surface area contributed by atoms with Gasteiger partial charge in [0, 0.05) is 105 Å². The molecule has 2 heterocycles. The quantitative estimate of drug-likeness (QED) is 0.00891. The number of carboxylic acid groups (broad SMARTS) is 2. The van der Waals surface area contributed by atoms with Gasteiger partial charge < -0.3 is 52.6 Å². The van der Waals surface area contributed by atoms with E-state index in [2.05, 4.69) is 150 Å². The molecule has 0 bridgehead atoms. The molecular formula is C78H104N9O10+. The maximum absolute atomic E-state index is 14.4. The molecule has 0 fully saturated rings. The number of guanidine groups is 1. The van der Waals surface area contributed by atoms with Gasteiger partial charge >= 0.3 is 18.0 Å². The number of fused-ring (bicyclic) bond motifs is 2. The number of urea groups is 1. The molecule has 4 amide bonds. The molecular weight excluding hydrogens is 1220 g/mol. The summed E-state index contributed by atoms with van der Waals surface area (Å²) in [5.41, 5.74) is 22.8. The van der Waals surface area contributed by atoms with E-state index >= 15 is 0 Å². The highest BCUT2D eigenvalue weighted by Gasteiger charge is 2.44. The molecule has 0 saturated heterocycles. The second-order valence-electron chi connectivity index (χ2n) is 26.8. The third kappa shape index (κ3) is 22.2. The van der Waals surface area contributed by atoms with Crippen LogP contribution >= 0.6 is 0 Å². The number of hydrogen-bond donors (Lipinski definition) is 8. The summed E-state index contributed by atoms with van der Waals surface area (Å²) >= 11 is 0. The zero-order chi connectivity index (χ0) is 69.9. The molecule has 0 unspecified atom stereocenters. The first-order chi connectivity index (χ1) is 46.6. The number of ketones is 2. The summed E-state index contributed by atoms with van der Waals surface area (Å²) in [4.78, 5) is 95.9. The summed E-state index contributed by atoms with van der Waals surface area (Å²) < 4.78 is 9.64. The number of unbranched alkanes of at least 4 members (excludes halogenated alkanes) is 4. The molecule has 3 atom stereocenters. The number of anilines is 1. The molecule has 4 aromatic carbocycles. The number of ether oxygens (including phenoxy) is 1. The topological polar surface area (TPSA) is 288 Å². The lowest BCUT2D eigenvalue weighted by Crippen LogP contribution is -2.46. The molecule has 0 spiro atoms. The number of hydrogen-bond acceptors (Lipinski definition) is 10. The standard InChI is InChI=1S/C78H103N9O10/c1-7-9-20-51-87-66-34-18-16-32-62(66)78(5,6)69(87)44-39-57-27-21-26-56(38-43-68-77(3,4)61-31-15-17-33-65(61)86(68)50-10-8-2)72(57)97-60-40-36-54(37-41-60)46-49-81-73(93)58(28-22-47-82-75(79)80)53-67(89)64(52-55-24-12-11-13-25-55)84-70(90)35-19-14-29-59(88)30-23-48-83-76(96)85-63(74(94)95)42-45-71(91)92/h11-13,15-18,24-25,31-34,36-41,43-44,58,63-64H,7-10,14,19-23,26-30,35,42,45-53H2,1-6H3,(H9-,79,80,81,82,83,84,85,90,91,92,93,94,95,96)/p+1/t58-,63+,64+/m1/s1. The maximum Gasteiger partial charge on any atom is 0.326 e. The first kappa shape index (κ1) is 75.3. The fraction of sp³-hybridized carbons (Fsp3) is 0.474. The Labute approximate surface area is 573 Å². The predicted octanol–water partition coefficient (Wildman–Crippen LogP) is 12.3. The van der Waals surface area contributed by atoms with Crippen LogP contribution in [0.5, 0.6) is 5.75 Å². The number of Topliss-reactive ketones (excluding diaryl/α,β-unsaturated/α-hetero) is 2. The Bertz CT molecular complexity index is 3560. The van der Waals surface area contributed by atoms with E-state index in [1.165, 1.54) is 40.3 Å². The van der Waals surface area contributed by atoms with Crippen molar-refractivity contribution >= 4 is 64.4 Å². The molecule has 0 aromatic heterocycles. The van der Waals surface area contributed by atoms with Gasteiger partial charge in [-0.3, -0.25) is 29.0 Å². The number of aliphatic carboxylic acids is 2. The van der Waals surface area contributed by atoms with Crippen molar-refractivity contribution in [1.29, 1.82) is 0 Å².